The summed E-state index contributed by atoms with van der Waals surface area (Å²) in [5, 5.41) is 11.5. The number of morpholine rings is 1. The van der Waals surface area contributed by atoms with E-state index < -0.39 is 0 Å². The SMILES string of the molecule is CC1(C)CN(c2cc(N)nc3nc(-c4ccncc4)nn23)CCO1.Cc1cccc(C=N)c1. The minimum atomic E-state index is -0.225. The first-order valence-electron chi connectivity index (χ1n) is 10.7. The Bertz CT molecular complexity index is 1250. The largest absolute Gasteiger partial charge is 0.383 e. The summed E-state index contributed by atoms with van der Waals surface area (Å²) >= 11 is 0. The van der Waals surface area contributed by atoms with E-state index >= 15 is 0 Å². The van der Waals surface area contributed by atoms with Crippen LogP contribution in [0.5, 0.6) is 0 Å². The van der Waals surface area contributed by atoms with Crippen LogP contribution in [0.3, 0.4) is 0 Å². The van der Waals surface area contributed by atoms with Crippen LogP contribution in [0.1, 0.15) is 25.0 Å². The lowest BCUT2D eigenvalue weighted by Crippen LogP contribution is -2.49. The van der Waals surface area contributed by atoms with Crippen LogP contribution >= 0.6 is 0 Å². The van der Waals surface area contributed by atoms with E-state index in [4.69, 9.17) is 15.9 Å². The maximum atomic E-state index is 6.92. The van der Waals surface area contributed by atoms with Crippen LogP contribution in [0, 0.1) is 12.3 Å². The molecule has 1 aliphatic rings. The second kappa shape index (κ2) is 9.33. The van der Waals surface area contributed by atoms with Crippen LogP contribution in [-0.2, 0) is 4.74 Å². The lowest BCUT2D eigenvalue weighted by molar-refractivity contribution is -0.0280. The smallest absolute Gasteiger partial charge is 0.256 e. The zero-order chi connectivity index (χ0) is 23.4. The average Bonchev–Trinajstić information content (AvgIpc) is 3.23. The molecule has 0 amide bonds. The molecule has 9 heteroatoms. The summed E-state index contributed by atoms with van der Waals surface area (Å²) in [5.74, 6) is 2.39. The Hall–Kier alpha value is -3.85. The van der Waals surface area contributed by atoms with Gasteiger partial charge in [0.15, 0.2) is 5.82 Å². The molecule has 170 valence electrons. The number of ether oxygens (including phenoxy) is 1. The Kier molecular flexibility index (Phi) is 6.32. The summed E-state index contributed by atoms with van der Waals surface area (Å²) in [6.07, 6.45) is 4.79. The van der Waals surface area contributed by atoms with Gasteiger partial charge in [0.25, 0.3) is 5.78 Å². The average molecular weight is 445 g/mol. The number of rotatable bonds is 3. The molecule has 0 bridgehead atoms. The normalized spacial score (nSPS) is 15.1. The Morgan fingerprint density at radius 3 is 2.58 bits per heavy atom. The Labute approximate surface area is 192 Å². The zero-order valence-electron chi connectivity index (χ0n) is 19.1. The van der Waals surface area contributed by atoms with E-state index in [1.807, 2.05) is 49.4 Å². The van der Waals surface area contributed by atoms with Gasteiger partial charge in [0, 0.05) is 43.3 Å². The van der Waals surface area contributed by atoms with Crippen molar-refractivity contribution in [3.63, 3.8) is 0 Å². The fourth-order valence-corrected chi connectivity index (χ4v) is 3.69. The van der Waals surface area contributed by atoms with Crippen LogP contribution in [0.2, 0.25) is 0 Å². The topological polar surface area (TPSA) is 118 Å². The van der Waals surface area contributed by atoms with Crippen LogP contribution in [0.15, 0.2) is 54.9 Å². The number of aryl methyl sites for hydroxylation is 1. The van der Waals surface area contributed by atoms with Gasteiger partial charge < -0.3 is 20.8 Å². The third-order valence-electron chi connectivity index (χ3n) is 5.21. The highest BCUT2D eigenvalue weighted by Crippen LogP contribution is 2.25. The first-order chi connectivity index (χ1) is 15.8. The van der Waals surface area contributed by atoms with Crippen molar-refractivity contribution in [2.24, 2.45) is 0 Å². The highest BCUT2D eigenvalue weighted by atomic mass is 16.5. The van der Waals surface area contributed by atoms with Gasteiger partial charge in [-0.2, -0.15) is 14.5 Å². The monoisotopic (exact) mass is 444 g/mol. The van der Waals surface area contributed by atoms with Gasteiger partial charge >= 0.3 is 0 Å². The van der Waals surface area contributed by atoms with Gasteiger partial charge in [0.1, 0.15) is 11.6 Å². The standard InChI is InChI=1S/C16H19N7O.C8H9N/c1-16(2)10-22(7-8-24-16)13-9-12(17)19-15-20-14(21-23(13)15)11-3-5-18-6-4-11;1-7-3-2-4-8(5-7)6-9/h3-6,9H,7-8,10H2,1-2H3,(H2,17,19,20,21);2-6,9H,1H3. The molecule has 0 unspecified atom stereocenters. The van der Waals surface area contributed by atoms with Crippen LogP contribution < -0.4 is 10.6 Å². The number of nitrogen functional groups attached to an aromatic ring is 1. The van der Waals surface area contributed by atoms with Crippen molar-refractivity contribution in [2.45, 2.75) is 26.4 Å². The maximum absolute atomic E-state index is 6.92. The van der Waals surface area contributed by atoms with Crippen molar-refractivity contribution < 1.29 is 4.74 Å². The maximum Gasteiger partial charge on any atom is 0.256 e. The second-order valence-corrected chi connectivity index (χ2v) is 8.51. The van der Waals surface area contributed by atoms with E-state index in [9.17, 15) is 0 Å². The molecular formula is C24H28N8O. The van der Waals surface area contributed by atoms with Gasteiger partial charge in [0.2, 0.25) is 0 Å². The van der Waals surface area contributed by atoms with Crippen molar-refractivity contribution in [3.05, 3.63) is 66.0 Å². The second-order valence-electron chi connectivity index (χ2n) is 8.51. The number of fused-ring (bicyclic) bond motifs is 1. The van der Waals surface area contributed by atoms with E-state index in [2.05, 4.69) is 38.8 Å². The number of hydrogen-bond donors (Lipinski definition) is 2. The molecule has 1 fully saturated rings. The zero-order valence-corrected chi connectivity index (χ0v) is 19.1. The molecule has 0 saturated carbocycles. The predicted octanol–water partition coefficient (Wildman–Crippen LogP) is 3.38. The molecule has 5 rings (SSSR count). The van der Waals surface area contributed by atoms with E-state index in [0.29, 0.717) is 24.0 Å². The summed E-state index contributed by atoms with van der Waals surface area (Å²) in [6.45, 7) is 8.34. The Balaban J connectivity index is 0.000000243. The molecular weight excluding hydrogens is 416 g/mol. The van der Waals surface area contributed by atoms with Gasteiger partial charge in [-0.25, -0.2) is 0 Å². The first-order valence-corrected chi connectivity index (χ1v) is 10.7. The first kappa shape index (κ1) is 22.3. The van der Waals surface area contributed by atoms with Crippen LogP contribution in [-0.4, -0.2) is 56.1 Å². The van der Waals surface area contributed by atoms with Gasteiger partial charge in [-0.1, -0.05) is 29.8 Å². The van der Waals surface area contributed by atoms with Crippen LogP contribution in [0.4, 0.5) is 11.6 Å². The van der Waals surface area contributed by atoms with Gasteiger partial charge in [-0.05, 0) is 38.5 Å². The molecule has 0 radical (unpaired) electrons. The molecule has 4 aromatic rings. The summed E-state index contributed by atoms with van der Waals surface area (Å²) in [5.41, 5.74) is 8.82. The molecule has 1 aromatic carbocycles. The third kappa shape index (κ3) is 5.32. The van der Waals surface area contributed by atoms with Crippen LogP contribution in [0.25, 0.3) is 17.2 Å². The van der Waals surface area contributed by atoms with Crippen molar-refractivity contribution in [1.29, 1.82) is 5.41 Å². The fourth-order valence-electron chi connectivity index (χ4n) is 3.69. The molecule has 4 heterocycles. The van der Waals surface area contributed by atoms with E-state index in [-0.39, 0.29) is 5.60 Å². The van der Waals surface area contributed by atoms with Crippen molar-refractivity contribution in [2.75, 3.05) is 30.3 Å². The lowest BCUT2D eigenvalue weighted by Gasteiger charge is -2.39. The van der Waals surface area contributed by atoms with E-state index in [1.54, 1.807) is 16.9 Å². The van der Waals surface area contributed by atoms with Crippen molar-refractivity contribution >= 4 is 23.6 Å². The van der Waals surface area contributed by atoms with Gasteiger partial charge in [-0.3, -0.25) is 4.98 Å². The summed E-state index contributed by atoms with van der Waals surface area (Å²) < 4.78 is 7.54. The number of pyridine rings is 1. The molecule has 9 nitrogen and oxygen atoms in total. The highest BCUT2D eigenvalue weighted by molar-refractivity contribution is 5.77. The quantitative estimate of drug-likeness (QED) is 0.465. The van der Waals surface area contributed by atoms with E-state index in [0.717, 1.165) is 30.0 Å². The molecule has 0 spiro atoms. The number of benzene rings is 1. The van der Waals surface area contributed by atoms with E-state index in [1.165, 1.54) is 11.8 Å². The predicted molar refractivity (Wildman–Crippen MR) is 130 cm³/mol. The number of nitrogens with two attached hydrogens (primary N) is 1. The third-order valence-corrected chi connectivity index (χ3v) is 5.21. The lowest BCUT2D eigenvalue weighted by atomic mass is 10.1. The van der Waals surface area contributed by atoms with Gasteiger partial charge in [-0.15, -0.1) is 5.10 Å². The number of anilines is 2. The summed E-state index contributed by atoms with van der Waals surface area (Å²) in [7, 11) is 0. The molecule has 1 saturated heterocycles. The number of nitrogens with one attached hydrogen (secondary N) is 1. The number of aromatic nitrogens is 5. The molecule has 3 aromatic heterocycles. The number of hydrogen-bond acceptors (Lipinski definition) is 8. The molecule has 0 aliphatic carbocycles. The Morgan fingerprint density at radius 1 is 1.12 bits per heavy atom. The van der Waals surface area contributed by atoms with Gasteiger partial charge in [0.05, 0.1) is 12.2 Å². The molecule has 33 heavy (non-hydrogen) atoms. The summed E-state index contributed by atoms with van der Waals surface area (Å²) in [6, 6.07) is 13.4. The molecule has 0 atom stereocenters. The van der Waals surface area contributed by atoms with Crippen molar-refractivity contribution in [1.82, 2.24) is 24.6 Å². The molecule has 3 N–H and O–H groups in total. The van der Waals surface area contributed by atoms with Crippen molar-refractivity contribution in [3.8, 4) is 11.4 Å². The Morgan fingerprint density at radius 2 is 1.91 bits per heavy atom. The minimum Gasteiger partial charge on any atom is -0.383 e. The number of nitrogens with zero attached hydrogens (tertiary/aromatic N) is 6. The minimum absolute atomic E-state index is 0.225. The summed E-state index contributed by atoms with van der Waals surface area (Å²) in [4.78, 5) is 15.1. The molecule has 1 aliphatic heterocycles. The highest BCUT2D eigenvalue weighted by Gasteiger charge is 2.29. The fraction of sp³-hybridized carbons (Fsp3) is 0.292.